The molecule has 0 unspecified atom stereocenters. The van der Waals surface area contributed by atoms with E-state index in [1.54, 1.807) is 30.3 Å². The zero-order chi connectivity index (χ0) is 22.9. The van der Waals surface area contributed by atoms with Crippen LogP contribution in [0.25, 0.3) is 0 Å². The lowest BCUT2D eigenvalue weighted by molar-refractivity contribution is -0.387. The van der Waals surface area contributed by atoms with E-state index in [2.05, 4.69) is 0 Å². The van der Waals surface area contributed by atoms with Crippen LogP contribution in [0.1, 0.15) is 23.2 Å². The van der Waals surface area contributed by atoms with Gasteiger partial charge < -0.3 is 9.94 Å². The molecule has 32 heavy (non-hydrogen) atoms. The zero-order valence-electron chi connectivity index (χ0n) is 17.1. The highest BCUT2D eigenvalue weighted by Crippen LogP contribution is 2.36. The molecule has 1 aliphatic heterocycles. The van der Waals surface area contributed by atoms with Crippen molar-refractivity contribution in [2.45, 2.75) is 29.9 Å². The molecule has 0 amide bonds. The van der Waals surface area contributed by atoms with Gasteiger partial charge in [-0.05, 0) is 31.0 Å². The first kappa shape index (κ1) is 22.3. The molecule has 0 spiro atoms. The summed E-state index contributed by atoms with van der Waals surface area (Å²) in [7, 11) is -4.15. The van der Waals surface area contributed by atoms with Gasteiger partial charge in [-0.3, -0.25) is 10.1 Å². The average molecular weight is 461 g/mol. The molecule has 2 aliphatic rings. The van der Waals surface area contributed by atoms with Gasteiger partial charge in [0, 0.05) is 31.1 Å². The first-order valence-electron chi connectivity index (χ1n) is 10.2. The van der Waals surface area contributed by atoms with Crippen LogP contribution in [-0.2, 0) is 14.9 Å². The summed E-state index contributed by atoms with van der Waals surface area (Å²) in [6.45, 7) is 0.169. The molecule has 1 aliphatic carbocycles. The fourth-order valence-electron chi connectivity index (χ4n) is 3.80. The van der Waals surface area contributed by atoms with Crippen LogP contribution in [0.5, 0.6) is 0 Å². The number of hydrogen-bond donors (Lipinski definition) is 1. The second-order valence-electron chi connectivity index (χ2n) is 7.95. The van der Waals surface area contributed by atoms with Crippen molar-refractivity contribution in [3.8, 4) is 0 Å². The van der Waals surface area contributed by atoms with E-state index in [0.717, 1.165) is 6.07 Å². The van der Waals surface area contributed by atoms with Gasteiger partial charge in [0.2, 0.25) is 10.0 Å². The number of nitrogens with zero attached hydrogens (tertiary/aromatic N) is 3. The lowest BCUT2D eigenvalue weighted by Gasteiger charge is -2.26. The van der Waals surface area contributed by atoms with Crippen molar-refractivity contribution in [3.05, 3.63) is 70.3 Å². The second-order valence-corrected chi connectivity index (χ2v) is 9.81. The Hall–Kier alpha value is -2.86. The van der Waals surface area contributed by atoms with E-state index in [1.165, 1.54) is 27.6 Å². The van der Waals surface area contributed by atoms with E-state index in [1.807, 2.05) is 0 Å². The summed E-state index contributed by atoms with van der Waals surface area (Å²) < 4.78 is 27.9. The molecule has 4 rings (SSSR count). The number of aliphatic hydroxyl groups is 1. The van der Waals surface area contributed by atoms with Crippen molar-refractivity contribution in [3.63, 3.8) is 0 Å². The molecule has 2 fully saturated rings. The van der Waals surface area contributed by atoms with Crippen molar-refractivity contribution in [2.75, 3.05) is 19.6 Å². The molecule has 1 saturated carbocycles. The maximum Gasteiger partial charge on any atom is 0.357 e. The monoisotopic (exact) mass is 461 g/mol. The number of β-amino-alcohol motifs (C(OH)–C–C–N with tert-alkyl or cyclic N) is 1. The number of nitro benzene ring substituents is 1. The normalized spacial score (nSPS) is 21.6. The summed E-state index contributed by atoms with van der Waals surface area (Å²) in [5, 5.41) is 23.2. The van der Waals surface area contributed by atoms with Gasteiger partial charge in [-0.1, -0.05) is 30.3 Å². The minimum absolute atomic E-state index is 0.0282. The van der Waals surface area contributed by atoms with Gasteiger partial charge >= 0.3 is 5.97 Å². The summed E-state index contributed by atoms with van der Waals surface area (Å²) in [4.78, 5) is 27.9. The Morgan fingerprint density at radius 3 is 2.44 bits per heavy atom. The molecular weight excluding hydrogens is 438 g/mol. The lowest BCUT2D eigenvalue weighted by atomic mass is 10.1. The van der Waals surface area contributed by atoms with Crippen molar-refractivity contribution < 1.29 is 28.1 Å². The molecule has 1 saturated heterocycles. The summed E-state index contributed by atoms with van der Waals surface area (Å²) in [6, 6.07) is 13.4. The van der Waals surface area contributed by atoms with Crippen LogP contribution in [0, 0.1) is 16.0 Å². The fraction of sp³-hybridized carbons (Fsp3) is 0.381. The van der Waals surface area contributed by atoms with Crippen molar-refractivity contribution >= 4 is 21.7 Å². The quantitative estimate of drug-likeness (QED) is 0.465. The molecule has 0 bridgehead atoms. The molecule has 0 radical (unpaired) electrons. The highest BCUT2D eigenvalue weighted by atomic mass is 32.2. The highest BCUT2D eigenvalue weighted by molar-refractivity contribution is 7.89. The zero-order valence-corrected chi connectivity index (χ0v) is 17.9. The van der Waals surface area contributed by atoms with Crippen LogP contribution in [0.3, 0.4) is 0 Å². The Morgan fingerprint density at radius 2 is 1.78 bits per heavy atom. The molecule has 1 heterocycles. The number of para-hydroxylation sites is 1. The van der Waals surface area contributed by atoms with Gasteiger partial charge in [-0.2, -0.15) is 4.31 Å². The van der Waals surface area contributed by atoms with Crippen LogP contribution >= 0.6 is 0 Å². The molecule has 11 heteroatoms. The lowest BCUT2D eigenvalue weighted by Crippen LogP contribution is -2.40. The molecule has 0 aromatic heterocycles. The minimum Gasteiger partial charge on any atom is -0.391 e. The van der Waals surface area contributed by atoms with E-state index < -0.39 is 38.6 Å². The van der Waals surface area contributed by atoms with Gasteiger partial charge in [0.25, 0.3) is 5.69 Å². The molecule has 10 nitrogen and oxygen atoms in total. The number of carbonyl (C=O) groups is 1. The van der Waals surface area contributed by atoms with Crippen molar-refractivity contribution in [2.24, 2.45) is 5.92 Å². The van der Waals surface area contributed by atoms with Gasteiger partial charge in [0.1, 0.15) is 0 Å². The Morgan fingerprint density at radius 1 is 1.12 bits per heavy atom. The van der Waals surface area contributed by atoms with Crippen LogP contribution in [0.15, 0.2) is 59.5 Å². The highest BCUT2D eigenvalue weighted by Gasteiger charge is 2.44. The third-order valence-corrected chi connectivity index (χ3v) is 7.58. The number of benzene rings is 2. The molecule has 2 atom stereocenters. The summed E-state index contributed by atoms with van der Waals surface area (Å²) >= 11 is 0. The van der Waals surface area contributed by atoms with Gasteiger partial charge in [-0.15, -0.1) is 5.06 Å². The fourth-order valence-corrected chi connectivity index (χ4v) is 5.70. The third-order valence-electron chi connectivity index (χ3n) is 5.61. The Bertz CT molecular complexity index is 1110. The molecule has 2 aromatic rings. The van der Waals surface area contributed by atoms with E-state index >= 15 is 0 Å². The smallest absolute Gasteiger partial charge is 0.357 e. The number of hydroxylamine groups is 2. The van der Waals surface area contributed by atoms with Gasteiger partial charge in [0.05, 0.1) is 23.1 Å². The Kier molecular flexibility index (Phi) is 6.24. The van der Waals surface area contributed by atoms with Gasteiger partial charge in [0.15, 0.2) is 4.90 Å². The molecule has 2 aromatic carbocycles. The Balaban J connectivity index is 1.49. The first-order valence-corrected chi connectivity index (χ1v) is 11.7. The molecule has 170 valence electrons. The predicted octanol–water partition coefficient (Wildman–Crippen LogP) is 1.81. The predicted molar refractivity (Wildman–Crippen MR) is 113 cm³/mol. The maximum absolute atomic E-state index is 13.3. The molecule has 1 N–H and O–H groups in total. The van der Waals surface area contributed by atoms with Crippen LogP contribution < -0.4 is 0 Å². The van der Waals surface area contributed by atoms with E-state index in [9.17, 15) is 28.4 Å². The number of rotatable bonds is 8. The minimum atomic E-state index is -4.15. The largest absolute Gasteiger partial charge is 0.391 e. The van der Waals surface area contributed by atoms with E-state index in [0.29, 0.717) is 18.4 Å². The Labute approximate surface area is 185 Å². The maximum atomic E-state index is 13.3. The van der Waals surface area contributed by atoms with Crippen LogP contribution in [0.2, 0.25) is 0 Å². The van der Waals surface area contributed by atoms with E-state index in [-0.39, 0.29) is 30.6 Å². The number of nitro groups is 1. The molecular formula is C21H23N3O7S. The van der Waals surface area contributed by atoms with Crippen LogP contribution in [-0.4, -0.2) is 65.6 Å². The number of aliphatic hydroxyl groups excluding tert-OH is 1. The average Bonchev–Trinajstić information content (AvgIpc) is 3.56. The number of hydrogen-bond acceptors (Lipinski definition) is 8. The SMILES string of the molecule is O=C(ON1C[C@H](CN(C2CC2)S(=O)(=O)c2ccccc2[N+](=O)[O-])[C@@H](O)C1)c1ccccc1. The summed E-state index contributed by atoms with van der Waals surface area (Å²) in [5.74, 6) is -1.08. The van der Waals surface area contributed by atoms with E-state index in [4.69, 9.17) is 4.84 Å². The summed E-state index contributed by atoms with van der Waals surface area (Å²) in [5.41, 5.74) is -0.118. The van der Waals surface area contributed by atoms with Crippen molar-refractivity contribution in [1.29, 1.82) is 0 Å². The summed E-state index contributed by atoms with van der Waals surface area (Å²) in [6.07, 6.45) is 0.380. The number of sulfonamides is 1. The topological polar surface area (TPSA) is 130 Å². The van der Waals surface area contributed by atoms with Crippen LogP contribution in [0.4, 0.5) is 5.69 Å². The van der Waals surface area contributed by atoms with Gasteiger partial charge in [-0.25, -0.2) is 13.2 Å². The first-order chi connectivity index (χ1) is 15.3. The number of carbonyl (C=O) groups excluding carboxylic acids is 1. The standard InChI is InChI=1S/C21H23N3O7S/c25-19-14-22(31-21(26)15-6-2-1-3-7-15)12-16(19)13-23(17-10-11-17)32(29,30)20-9-5-4-8-18(20)24(27)28/h1-9,16-17,19,25H,10-14H2/t16-,19+/m1/s1. The second kappa shape index (κ2) is 8.94. The third kappa shape index (κ3) is 4.65. The van der Waals surface area contributed by atoms with Crippen molar-refractivity contribution in [1.82, 2.24) is 9.37 Å².